The second kappa shape index (κ2) is 10.7. The monoisotopic (exact) mass is 454 g/mol. The van der Waals surface area contributed by atoms with Crippen LogP contribution in [-0.4, -0.2) is 32.8 Å². The second-order valence-corrected chi connectivity index (χ2v) is 7.42. The number of carbonyl (C=O) groups is 2. The Morgan fingerprint density at radius 3 is 2.30 bits per heavy atom. The van der Waals surface area contributed by atoms with Crippen LogP contribution in [0.4, 0.5) is 0 Å². The van der Waals surface area contributed by atoms with Crippen LogP contribution >= 0.6 is 0 Å². The summed E-state index contributed by atoms with van der Waals surface area (Å²) < 4.78 is 26.5. The Morgan fingerprint density at radius 2 is 1.67 bits per heavy atom. The van der Waals surface area contributed by atoms with E-state index in [0.717, 1.165) is 6.42 Å². The van der Waals surface area contributed by atoms with Crippen LogP contribution < -0.4 is 19.8 Å². The summed E-state index contributed by atoms with van der Waals surface area (Å²) in [5.74, 6) is 0.0476. The lowest BCUT2D eigenvalue weighted by molar-refractivity contribution is -0.143. The van der Waals surface area contributed by atoms with E-state index >= 15 is 0 Å². The van der Waals surface area contributed by atoms with Gasteiger partial charge in [0.25, 0.3) is 0 Å². The van der Waals surface area contributed by atoms with Crippen LogP contribution in [0.15, 0.2) is 45.6 Å². The van der Waals surface area contributed by atoms with Crippen molar-refractivity contribution in [2.24, 2.45) is 0 Å². The number of carbonyl (C=O) groups excluding carboxylic acids is 2. The maximum atomic E-state index is 12.9. The minimum Gasteiger partial charge on any atom is -0.497 e. The predicted octanol–water partition coefficient (Wildman–Crippen LogP) is 4.22. The van der Waals surface area contributed by atoms with Gasteiger partial charge >= 0.3 is 17.6 Å². The highest BCUT2D eigenvalue weighted by molar-refractivity contribution is 5.93. The Labute approximate surface area is 191 Å². The van der Waals surface area contributed by atoms with Crippen LogP contribution in [0.3, 0.4) is 0 Å². The number of rotatable bonds is 9. The van der Waals surface area contributed by atoms with Crippen molar-refractivity contribution in [3.05, 3.63) is 63.5 Å². The van der Waals surface area contributed by atoms with Crippen LogP contribution in [0, 0.1) is 6.92 Å². The van der Waals surface area contributed by atoms with Gasteiger partial charge in [-0.2, -0.15) is 0 Å². The Bertz CT molecular complexity index is 1200. The fourth-order valence-corrected chi connectivity index (χ4v) is 3.29. The first-order chi connectivity index (χ1) is 15.8. The second-order valence-electron chi connectivity index (χ2n) is 7.42. The summed E-state index contributed by atoms with van der Waals surface area (Å²) in [6.07, 6.45) is 1.12. The summed E-state index contributed by atoms with van der Waals surface area (Å²) >= 11 is 0. The molecule has 3 rings (SSSR count). The van der Waals surface area contributed by atoms with Crippen LogP contribution in [0.1, 0.15) is 41.3 Å². The molecule has 0 spiro atoms. The van der Waals surface area contributed by atoms with Crippen molar-refractivity contribution in [3.8, 4) is 17.2 Å². The predicted molar refractivity (Wildman–Crippen MR) is 121 cm³/mol. The van der Waals surface area contributed by atoms with E-state index in [0.29, 0.717) is 34.6 Å². The average molecular weight is 454 g/mol. The number of methoxy groups -OCH3 is 2. The molecule has 33 heavy (non-hydrogen) atoms. The van der Waals surface area contributed by atoms with Gasteiger partial charge in [0.1, 0.15) is 22.8 Å². The standard InChI is InChI=1S/C25H26O8/c1-5-8-31-23(26)7-6-16-12-20-15(2)9-24(27)32-22(20)14-21(16)33-25(28)17-10-18(29-3)13-19(11-17)30-4/h9-14H,5-8H2,1-4H3. The molecule has 0 aliphatic carbocycles. The van der Waals surface area contributed by atoms with Gasteiger partial charge in [0.2, 0.25) is 0 Å². The highest BCUT2D eigenvalue weighted by Gasteiger charge is 2.18. The fourth-order valence-electron chi connectivity index (χ4n) is 3.29. The van der Waals surface area contributed by atoms with Crippen LogP contribution in [-0.2, 0) is 16.0 Å². The molecule has 0 saturated heterocycles. The summed E-state index contributed by atoms with van der Waals surface area (Å²) in [7, 11) is 2.96. The van der Waals surface area contributed by atoms with E-state index in [1.165, 1.54) is 38.5 Å². The average Bonchev–Trinajstić information content (AvgIpc) is 2.80. The molecule has 0 saturated carbocycles. The largest absolute Gasteiger partial charge is 0.497 e. The molecule has 0 aliphatic heterocycles. The third-order valence-corrected chi connectivity index (χ3v) is 4.99. The third-order valence-electron chi connectivity index (χ3n) is 4.99. The van der Waals surface area contributed by atoms with E-state index in [-0.39, 0.29) is 35.7 Å². The molecule has 0 N–H and O–H groups in total. The molecule has 8 nitrogen and oxygen atoms in total. The van der Waals surface area contributed by atoms with Gasteiger partial charge < -0.3 is 23.4 Å². The van der Waals surface area contributed by atoms with E-state index in [2.05, 4.69) is 0 Å². The van der Waals surface area contributed by atoms with Crippen LogP contribution in [0.25, 0.3) is 11.0 Å². The van der Waals surface area contributed by atoms with E-state index in [1.54, 1.807) is 19.1 Å². The van der Waals surface area contributed by atoms with Gasteiger partial charge in [0.05, 0.1) is 26.4 Å². The molecule has 174 valence electrons. The third kappa shape index (κ3) is 5.91. The summed E-state index contributed by atoms with van der Waals surface area (Å²) in [6.45, 7) is 4.05. The molecule has 0 bridgehead atoms. The topological polar surface area (TPSA) is 101 Å². The molecule has 2 aromatic carbocycles. The molecule has 3 aromatic rings. The number of aryl methyl sites for hydroxylation is 2. The zero-order chi connectivity index (χ0) is 24.0. The molecule has 0 fully saturated rings. The number of hydrogen-bond acceptors (Lipinski definition) is 8. The van der Waals surface area contributed by atoms with Gasteiger partial charge in [-0.15, -0.1) is 0 Å². The van der Waals surface area contributed by atoms with Gasteiger partial charge in [0.15, 0.2) is 0 Å². The summed E-state index contributed by atoms with van der Waals surface area (Å²) in [4.78, 5) is 36.8. The maximum Gasteiger partial charge on any atom is 0.343 e. The Kier molecular flexibility index (Phi) is 7.71. The lowest BCUT2D eigenvalue weighted by atomic mass is 10.0. The van der Waals surface area contributed by atoms with Crippen LogP contribution in [0.2, 0.25) is 0 Å². The molecule has 0 aliphatic rings. The highest BCUT2D eigenvalue weighted by Crippen LogP contribution is 2.30. The fraction of sp³-hybridized carbons (Fsp3) is 0.320. The van der Waals surface area contributed by atoms with E-state index < -0.39 is 11.6 Å². The summed E-state index contributed by atoms with van der Waals surface area (Å²) in [5.41, 5.74) is 1.31. The lowest BCUT2D eigenvalue weighted by Crippen LogP contribution is -2.12. The first-order valence-electron chi connectivity index (χ1n) is 10.5. The molecular formula is C25H26O8. The van der Waals surface area contributed by atoms with Crippen molar-refractivity contribution in [2.75, 3.05) is 20.8 Å². The molecule has 0 unspecified atom stereocenters. The molecular weight excluding hydrogens is 428 g/mol. The summed E-state index contributed by atoms with van der Waals surface area (Å²) in [5, 5.41) is 0.689. The number of benzene rings is 2. The van der Waals surface area contributed by atoms with E-state index in [4.69, 9.17) is 23.4 Å². The van der Waals surface area contributed by atoms with Gasteiger partial charge in [-0.25, -0.2) is 9.59 Å². The lowest BCUT2D eigenvalue weighted by Gasteiger charge is -2.13. The maximum absolute atomic E-state index is 12.9. The van der Waals surface area contributed by atoms with Crippen LogP contribution in [0.5, 0.6) is 17.2 Å². The Morgan fingerprint density at radius 1 is 0.970 bits per heavy atom. The number of ether oxygens (including phenoxy) is 4. The first-order valence-corrected chi connectivity index (χ1v) is 10.5. The molecule has 0 radical (unpaired) electrons. The van der Waals surface area contributed by atoms with Gasteiger partial charge in [0, 0.05) is 30.0 Å². The minimum atomic E-state index is -0.656. The SMILES string of the molecule is CCCOC(=O)CCc1cc2c(C)cc(=O)oc2cc1OC(=O)c1cc(OC)cc(OC)c1. The Balaban J connectivity index is 1.97. The minimum absolute atomic E-state index is 0.110. The van der Waals surface area contributed by atoms with Crippen molar-refractivity contribution in [1.82, 2.24) is 0 Å². The zero-order valence-electron chi connectivity index (χ0n) is 19.1. The number of esters is 2. The highest BCUT2D eigenvalue weighted by atomic mass is 16.5. The van der Waals surface area contributed by atoms with E-state index in [9.17, 15) is 14.4 Å². The van der Waals surface area contributed by atoms with Gasteiger partial charge in [-0.3, -0.25) is 4.79 Å². The van der Waals surface area contributed by atoms with Gasteiger partial charge in [-0.05, 0) is 49.1 Å². The molecule has 1 aromatic heterocycles. The van der Waals surface area contributed by atoms with Crippen molar-refractivity contribution in [2.45, 2.75) is 33.1 Å². The van der Waals surface area contributed by atoms with Crippen molar-refractivity contribution < 1.29 is 33.0 Å². The van der Waals surface area contributed by atoms with Gasteiger partial charge in [-0.1, -0.05) is 6.92 Å². The molecule has 0 atom stereocenters. The number of fused-ring (bicyclic) bond motifs is 1. The van der Waals surface area contributed by atoms with E-state index in [1.807, 2.05) is 6.92 Å². The molecule has 1 heterocycles. The van der Waals surface area contributed by atoms with Crippen molar-refractivity contribution >= 4 is 22.9 Å². The summed E-state index contributed by atoms with van der Waals surface area (Å²) in [6, 6.07) is 9.32. The zero-order valence-corrected chi connectivity index (χ0v) is 19.1. The molecule has 8 heteroatoms. The quantitative estimate of drug-likeness (QED) is 0.269. The van der Waals surface area contributed by atoms with Crippen molar-refractivity contribution in [3.63, 3.8) is 0 Å². The molecule has 0 amide bonds. The first kappa shape index (κ1) is 23.8. The van der Waals surface area contributed by atoms with Crippen molar-refractivity contribution in [1.29, 1.82) is 0 Å². The number of hydrogen-bond donors (Lipinski definition) is 0. The normalized spacial score (nSPS) is 10.7. The Hall–Kier alpha value is -3.81. The smallest absolute Gasteiger partial charge is 0.343 e.